The van der Waals surface area contributed by atoms with Gasteiger partial charge < -0.3 is 11.1 Å². The van der Waals surface area contributed by atoms with Crippen LogP contribution < -0.4 is 16.4 Å². The maximum absolute atomic E-state index is 10.7. The maximum atomic E-state index is 10.7. The zero-order valence-corrected chi connectivity index (χ0v) is 6.14. The highest BCUT2D eigenvalue weighted by Gasteiger charge is 1.98. The van der Waals surface area contributed by atoms with Gasteiger partial charge in [0.15, 0.2) is 5.96 Å². The van der Waals surface area contributed by atoms with E-state index in [1.54, 1.807) is 7.05 Å². The molecular weight excluding hydrogens is 132 g/mol. The number of nitrogens with one attached hydrogen (secondary N) is 2. The molecule has 0 rings (SSSR count). The van der Waals surface area contributed by atoms with Gasteiger partial charge in [0.1, 0.15) is 0 Å². The Bertz CT molecular complexity index is 143. The lowest BCUT2D eigenvalue weighted by atomic mass is 10.6. The third kappa shape index (κ3) is 3.85. The van der Waals surface area contributed by atoms with Crippen LogP contribution in [0.2, 0.25) is 0 Å². The number of rotatable bonds is 2. The second-order valence-electron chi connectivity index (χ2n) is 1.69. The van der Waals surface area contributed by atoms with Crippen LogP contribution in [0.25, 0.3) is 0 Å². The van der Waals surface area contributed by atoms with Crippen LogP contribution in [0.3, 0.4) is 0 Å². The summed E-state index contributed by atoms with van der Waals surface area (Å²) in [6.07, 6.45) is 0. The van der Waals surface area contributed by atoms with E-state index in [1.165, 1.54) is 7.05 Å². The van der Waals surface area contributed by atoms with Crippen molar-refractivity contribution in [2.24, 2.45) is 10.7 Å². The van der Waals surface area contributed by atoms with Gasteiger partial charge in [-0.1, -0.05) is 0 Å². The molecule has 0 aliphatic rings. The zero-order chi connectivity index (χ0) is 7.98. The number of nitrogens with two attached hydrogens (primary N) is 1. The number of hydrogen-bond donors (Lipinski definition) is 3. The molecule has 0 saturated heterocycles. The molecule has 0 saturated carbocycles. The molecule has 5 heteroatoms. The predicted molar refractivity (Wildman–Crippen MR) is 39.6 cm³/mol. The van der Waals surface area contributed by atoms with Crippen molar-refractivity contribution in [3.05, 3.63) is 0 Å². The summed E-state index contributed by atoms with van der Waals surface area (Å²) in [4.78, 5) is 14.2. The Balaban J connectivity index is 3.58. The van der Waals surface area contributed by atoms with Gasteiger partial charge in [-0.05, 0) is 7.05 Å². The molecule has 0 aliphatic heterocycles. The molecule has 5 nitrogen and oxygen atoms in total. The van der Waals surface area contributed by atoms with Crippen molar-refractivity contribution in [3.8, 4) is 0 Å². The molecule has 0 heterocycles. The third-order valence-corrected chi connectivity index (χ3v) is 0.846. The molecule has 1 amide bonds. The lowest BCUT2D eigenvalue weighted by Crippen LogP contribution is -2.40. The van der Waals surface area contributed by atoms with Crippen molar-refractivity contribution in [1.82, 2.24) is 10.6 Å². The van der Waals surface area contributed by atoms with E-state index < -0.39 is 0 Å². The SMILES string of the molecule is CN=C(N)NC(=O)CNC. The van der Waals surface area contributed by atoms with Crippen LogP contribution in [-0.4, -0.2) is 32.5 Å². The second-order valence-corrected chi connectivity index (χ2v) is 1.69. The number of hydrogen-bond acceptors (Lipinski definition) is 3. The van der Waals surface area contributed by atoms with Gasteiger partial charge >= 0.3 is 0 Å². The molecule has 58 valence electrons. The van der Waals surface area contributed by atoms with E-state index in [-0.39, 0.29) is 18.4 Å². The van der Waals surface area contributed by atoms with E-state index in [9.17, 15) is 4.79 Å². The minimum Gasteiger partial charge on any atom is -0.370 e. The van der Waals surface area contributed by atoms with Crippen molar-refractivity contribution >= 4 is 11.9 Å². The van der Waals surface area contributed by atoms with Crippen molar-refractivity contribution in [2.45, 2.75) is 0 Å². The van der Waals surface area contributed by atoms with Crippen LogP contribution in [-0.2, 0) is 4.79 Å². The minimum atomic E-state index is -0.189. The summed E-state index contributed by atoms with van der Waals surface area (Å²) >= 11 is 0. The zero-order valence-electron chi connectivity index (χ0n) is 6.14. The van der Waals surface area contributed by atoms with Crippen molar-refractivity contribution in [2.75, 3.05) is 20.6 Å². The average Bonchev–Trinajstić information content (AvgIpc) is 1.88. The van der Waals surface area contributed by atoms with Crippen LogP contribution >= 0.6 is 0 Å². The molecule has 0 aromatic rings. The van der Waals surface area contributed by atoms with Crippen LogP contribution in [0.15, 0.2) is 4.99 Å². The van der Waals surface area contributed by atoms with Gasteiger partial charge in [0.2, 0.25) is 5.91 Å². The lowest BCUT2D eigenvalue weighted by Gasteiger charge is -2.00. The first-order valence-electron chi connectivity index (χ1n) is 2.87. The molecule has 0 fully saturated rings. The first-order valence-corrected chi connectivity index (χ1v) is 2.87. The van der Waals surface area contributed by atoms with Crippen LogP contribution in [0.1, 0.15) is 0 Å². The van der Waals surface area contributed by atoms with Gasteiger partial charge in [-0.15, -0.1) is 0 Å². The Labute approximate surface area is 59.7 Å². The van der Waals surface area contributed by atoms with Crippen LogP contribution in [0, 0.1) is 0 Å². The topological polar surface area (TPSA) is 79.5 Å². The second kappa shape index (κ2) is 4.75. The summed E-state index contributed by atoms with van der Waals surface area (Å²) in [7, 11) is 3.19. The van der Waals surface area contributed by atoms with Gasteiger partial charge in [0.25, 0.3) is 0 Å². The van der Waals surface area contributed by atoms with Crippen LogP contribution in [0.5, 0.6) is 0 Å². The first kappa shape index (κ1) is 8.90. The molecule has 0 aliphatic carbocycles. The summed E-state index contributed by atoms with van der Waals surface area (Å²) in [5.41, 5.74) is 5.19. The molecule has 0 aromatic heterocycles. The summed E-state index contributed by atoms with van der Waals surface area (Å²) in [6, 6.07) is 0. The average molecular weight is 144 g/mol. The Hall–Kier alpha value is -1.10. The largest absolute Gasteiger partial charge is 0.370 e. The number of guanidine groups is 1. The number of nitrogens with zero attached hydrogens (tertiary/aromatic N) is 1. The fourth-order valence-corrected chi connectivity index (χ4v) is 0.403. The van der Waals surface area contributed by atoms with Gasteiger partial charge in [0.05, 0.1) is 6.54 Å². The van der Waals surface area contributed by atoms with Gasteiger partial charge in [0, 0.05) is 7.05 Å². The highest BCUT2D eigenvalue weighted by molar-refractivity contribution is 5.96. The van der Waals surface area contributed by atoms with Crippen molar-refractivity contribution in [3.63, 3.8) is 0 Å². The number of carbonyl (C=O) groups is 1. The number of amides is 1. The van der Waals surface area contributed by atoms with Gasteiger partial charge in [-0.25, -0.2) is 0 Å². The van der Waals surface area contributed by atoms with Crippen molar-refractivity contribution < 1.29 is 4.79 Å². The molecule has 0 aromatic carbocycles. The summed E-state index contributed by atoms with van der Waals surface area (Å²) in [6.45, 7) is 0.246. The number of aliphatic imine (C=N–C) groups is 1. The predicted octanol–water partition coefficient (Wildman–Crippen LogP) is -1.73. The van der Waals surface area contributed by atoms with E-state index in [2.05, 4.69) is 15.6 Å². The fourth-order valence-electron chi connectivity index (χ4n) is 0.403. The Morgan fingerprint density at radius 1 is 1.70 bits per heavy atom. The standard InChI is InChI=1S/C5H12N4O/c1-7-3-4(10)9-5(6)8-2/h7H,3H2,1-2H3,(H3,6,8,9,10). The Kier molecular flexibility index (Phi) is 4.23. The fraction of sp³-hybridized carbons (Fsp3) is 0.600. The summed E-state index contributed by atoms with van der Waals surface area (Å²) in [5, 5.41) is 5.03. The van der Waals surface area contributed by atoms with E-state index in [1.807, 2.05) is 0 Å². The van der Waals surface area contributed by atoms with E-state index in [4.69, 9.17) is 5.73 Å². The molecular formula is C5H12N4O. The molecule has 0 radical (unpaired) electrons. The summed E-state index contributed by atoms with van der Waals surface area (Å²) in [5.74, 6) is -0.0501. The van der Waals surface area contributed by atoms with Gasteiger partial charge in [-0.3, -0.25) is 15.1 Å². The molecule has 0 spiro atoms. The molecule has 0 bridgehead atoms. The van der Waals surface area contributed by atoms with Crippen molar-refractivity contribution in [1.29, 1.82) is 0 Å². The Morgan fingerprint density at radius 3 is 2.70 bits per heavy atom. The highest BCUT2D eigenvalue weighted by atomic mass is 16.2. The Morgan fingerprint density at radius 2 is 2.30 bits per heavy atom. The van der Waals surface area contributed by atoms with E-state index in [0.717, 1.165) is 0 Å². The summed E-state index contributed by atoms with van der Waals surface area (Å²) < 4.78 is 0. The number of likely N-dealkylation sites (N-methyl/N-ethyl adjacent to an activating group) is 1. The third-order valence-electron chi connectivity index (χ3n) is 0.846. The smallest absolute Gasteiger partial charge is 0.240 e. The maximum Gasteiger partial charge on any atom is 0.240 e. The minimum absolute atomic E-state index is 0.139. The highest BCUT2D eigenvalue weighted by Crippen LogP contribution is 1.61. The van der Waals surface area contributed by atoms with E-state index in [0.29, 0.717) is 0 Å². The quantitative estimate of drug-likeness (QED) is 0.318. The molecule has 0 atom stereocenters. The van der Waals surface area contributed by atoms with Gasteiger partial charge in [-0.2, -0.15) is 0 Å². The molecule has 0 unspecified atom stereocenters. The monoisotopic (exact) mass is 144 g/mol. The normalized spacial score (nSPS) is 11.2. The number of carbonyl (C=O) groups excluding carboxylic acids is 1. The van der Waals surface area contributed by atoms with Crippen LogP contribution in [0.4, 0.5) is 0 Å². The molecule has 4 N–H and O–H groups in total. The lowest BCUT2D eigenvalue weighted by molar-refractivity contribution is -0.118. The molecule has 10 heavy (non-hydrogen) atoms. The first-order chi connectivity index (χ1) is 4.70. The van der Waals surface area contributed by atoms with E-state index >= 15 is 0 Å².